The molecule has 0 spiro atoms. The van der Waals surface area contributed by atoms with Crippen LogP contribution in [0.3, 0.4) is 0 Å². The van der Waals surface area contributed by atoms with Crippen LogP contribution in [0.1, 0.15) is 25.3 Å². The molecule has 0 saturated heterocycles. The minimum absolute atomic E-state index is 0.421. The molecule has 1 atom stereocenters. The first-order chi connectivity index (χ1) is 8.63. The molecule has 1 fully saturated rings. The van der Waals surface area contributed by atoms with E-state index in [0.29, 0.717) is 23.1 Å². The molecule has 18 heavy (non-hydrogen) atoms. The van der Waals surface area contributed by atoms with Crippen LogP contribution in [-0.4, -0.2) is 35.6 Å². The highest BCUT2D eigenvalue weighted by Gasteiger charge is 2.28. The quantitative estimate of drug-likeness (QED) is 0.820. The lowest BCUT2D eigenvalue weighted by atomic mass is 10.2. The van der Waals surface area contributed by atoms with Crippen LogP contribution in [0, 0.1) is 11.3 Å². The number of anilines is 2. The Hall–Kier alpha value is -1.80. The van der Waals surface area contributed by atoms with E-state index in [1.807, 2.05) is 0 Å². The third-order valence-corrected chi connectivity index (χ3v) is 3.49. The number of nitrogen functional groups attached to an aromatic ring is 1. The summed E-state index contributed by atoms with van der Waals surface area (Å²) in [5.74, 6) is 0.602. The molecule has 2 rings (SSSR count). The van der Waals surface area contributed by atoms with Gasteiger partial charge in [0, 0.05) is 24.8 Å². The number of nitrogens with one attached hydrogen (secondary N) is 1. The summed E-state index contributed by atoms with van der Waals surface area (Å²) in [6.07, 6.45) is 4.20. The Morgan fingerprint density at radius 2 is 2.39 bits per heavy atom. The van der Waals surface area contributed by atoms with Gasteiger partial charge in [-0.25, -0.2) is 4.98 Å². The normalized spacial score (nSPS) is 16.3. The molecule has 0 amide bonds. The van der Waals surface area contributed by atoms with Crippen molar-refractivity contribution in [2.45, 2.75) is 31.8 Å². The summed E-state index contributed by atoms with van der Waals surface area (Å²) in [7, 11) is 2.15. The van der Waals surface area contributed by atoms with Gasteiger partial charge in [0.1, 0.15) is 6.07 Å². The van der Waals surface area contributed by atoms with E-state index < -0.39 is 0 Å². The van der Waals surface area contributed by atoms with E-state index in [2.05, 4.69) is 35.2 Å². The van der Waals surface area contributed by atoms with Gasteiger partial charge in [-0.2, -0.15) is 5.26 Å². The van der Waals surface area contributed by atoms with Gasteiger partial charge in [0.15, 0.2) is 5.82 Å². The minimum Gasteiger partial charge on any atom is -0.395 e. The van der Waals surface area contributed by atoms with Crippen molar-refractivity contribution in [2.24, 2.45) is 0 Å². The maximum atomic E-state index is 8.90. The van der Waals surface area contributed by atoms with Gasteiger partial charge in [0.05, 0.1) is 11.3 Å². The Labute approximate surface area is 108 Å². The second-order valence-corrected chi connectivity index (χ2v) is 4.86. The fourth-order valence-corrected chi connectivity index (χ4v) is 1.94. The first-order valence-electron chi connectivity index (χ1n) is 6.24. The van der Waals surface area contributed by atoms with E-state index in [9.17, 15) is 0 Å². The highest BCUT2D eigenvalue weighted by atomic mass is 15.2. The summed E-state index contributed by atoms with van der Waals surface area (Å²) in [6, 6.07) is 4.84. The van der Waals surface area contributed by atoms with Gasteiger partial charge >= 0.3 is 0 Å². The second-order valence-electron chi connectivity index (χ2n) is 4.86. The summed E-state index contributed by atoms with van der Waals surface area (Å²) >= 11 is 0. The number of aromatic nitrogens is 1. The van der Waals surface area contributed by atoms with Crippen LogP contribution in [0.15, 0.2) is 12.3 Å². The Bertz CT molecular complexity index is 461. The van der Waals surface area contributed by atoms with Crippen molar-refractivity contribution in [3.05, 3.63) is 17.8 Å². The molecule has 1 aromatic rings. The number of rotatable bonds is 5. The molecule has 0 aliphatic heterocycles. The highest BCUT2D eigenvalue weighted by Crippen LogP contribution is 2.27. The van der Waals surface area contributed by atoms with Gasteiger partial charge in [0.2, 0.25) is 0 Å². The zero-order valence-corrected chi connectivity index (χ0v) is 10.8. The molecule has 1 heterocycles. The van der Waals surface area contributed by atoms with Gasteiger partial charge in [0.25, 0.3) is 0 Å². The molecular weight excluding hydrogens is 226 g/mol. The zero-order chi connectivity index (χ0) is 13.1. The van der Waals surface area contributed by atoms with E-state index in [-0.39, 0.29) is 0 Å². The number of hydrogen-bond acceptors (Lipinski definition) is 5. The fraction of sp³-hybridized carbons (Fsp3) is 0.538. The van der Waals surface area contributed by atoms with E-state index in [0.717, 1.165) is 12.6 Å². The van der Waals surface area contributed by atoms with Crippen LogP contribution in [-0.2, 0) is 0 Å². The van der Waals surface area contributed by atoms with Crippen LogP contribution in [0.2, 0.25) is 0 Å². The summed E-state index contributed by atoms with van der Waals surface area (Å²) in [6.45, 7) is 2.95. The number of nitrogens with zero attached hydrogens (tertiary/aromatic N) is 3. The molecular formula is C13H19N5. The smallest absolute Gasteiger partial charge is 0.150 e. The molecule has 1 unspecified atom stereocenters. The standard InChI is InChI=1S/C13H19N5/c1-9(18(2)11-3-4-11)8-17-13-12(15)10(7-14)5-6-16-13/h5-6,9,11H,3-4,8,15H2,1-2H3,(H,16,17). The third kappa shape index (κ3) is 2.71. The molecule has 1 aliphatic rings. The minimum atomic E-state index is 0.421. The molecule has 5 nitrogen and oxygen atoms in total. The van der Waals surface area contributed by atoms with Gasteiger partial charge in [-0.05, 0) is 32.9 Å². The molecule has 3 N–H and O–H groups in total. The predicted molar refractivity (Wildman–Crippen MR) is 72.1 cm³/mol. The summed E-state index contributed by atoms with van der Waals surface area (Å²) in [5, 5.41) is 12.1. The fourth-order valence-electron chi connectivity index (χ4n) is 1.94. The number of likely N-dealkylation sites (N-methyl/N-ethyl adjacent to an activating group) is 1. The van der Waals surface area contributed by atoms with E-state index in [1.54, 1.807) is 12.3 Å². The zero-order valence-electron chi connectivity index (χ0n) is 10.8. The van der Waals surface area contributed by atoms with Crippen LogP contribution in [0.25, 0.3) is 0 Å². The number of nitrogens with two attached hydrogens (primary N) is 1. The van der Waals surface area contributed by atoms with Crippen LogP contribution in [0.5, 0.6) is 0 Å². The molecule has 1 aliphatic carbocycles. The van der Waals surface area contributed by atoms with Crippen molar-refractivity contribution in [3.63, 3.8) is 0 Å². The highest BCUT2D eigenvalue weighted by molar-refractivity contribution is 5.68. The molecule has 96 valence electrons. The Kier molecular flexibility index (Phi) is 3.68. The van der Waals surface area contributed by atoms with E-state index in [4.69, 9.17) is 11.0 Å². The molecule has 5 heteroatoms. The molecule has 0 bridgehead atoms. The largest absolute Gasteiger partial charge is 0.395 e. The lowest BCUT2D eigenvalue weighted by molar-refractivity contribution is 0.257. The van der Waals surface area contributed by atoms with Crippen molar-refractivity contribution in [2.75, 3.05) is 24.6 Å². The van der Waals surface area contributed by atoms with Gasteiger partial charge in [-0.15, -0.1) is 0 Å². The third-order valence-electron chi connectivity index (χ3n) is 3.49. The summed E-state index contributed by atoms with van der Waals surface area (Å²) in [5.41, 5.74) is 6.77. The van der Waals surface area contributed by atoms with Crippen molar-refractivity contribution in [1.29, 1.82) is 5.26 Å². The average molecular weight is 245 g/mol. The lowest BCUT2D eigenvalue weighted by Gasteiger charge is -2.25. The number of pyridine rings is 1. The van der Waals surface area contributed by atoms with Crippen molar-refractivity contribution in [3.8, 4) is 6.07 Å². The van der Waals surface area contributed by atoms with E-state index >= 15 is 0 Å². The van der Waals surface area contributed by atoms with Gasteiger partial charge in [-0.3, -0.25) is 4.90 Å². The van der Waals surface area contributed by atoms with Crippen molar-refractivity contribution >= 4 is 11.5 Å². The van der Waals surface area contributed by atoms with Gasteiger partial charge in [-0.1, -0.05) is 0 Å². The SMILES string of the molecule is CC(CNc1nccc(C#N)c1N)N(C)C1CC1. The first-order valence-corrected chi connectivity index (χ1v) is 6.24. The Morgan fingerprint density at radius 1 is 1.67 bits per heavy atom. The van der Waals surface area contributed by atoms with Crippen molar-refractivity contribution in [1.82, 2.24) is 9.88 Å². The van der Waals surface area contributed by atoms with E-state index in [1.165, 1.54) is 12.8 Å². The van der Waals surface area contributed by atoms with Crippen molar-refractivity contribution < 1.29 is 0 Å². The summed E-state index contributed by atoms with van der Waals surface area (Å²) in [4.78, 5) is 6.55. The Balaban J connectivity index is 1.95. The number of nitriles is 1. The maximum absolute atomic E-state index is 8.90. The Morgan fingerprint density at radius 3 is 3.00 bits per heavy atom. The first kappa shape index (κ1) is 12.7. The second kappa shape index (κ2) is 5.23. The van der Waals surface area contributed by atoms with Gasteiger partial charge < -0.3 is 11.1 Å². The molecule has 0 aromatic carbocycles. The monoisotopic (exact) mass is 245 g/mol. The van der Waals surface area contributed by atoms with Crippen LogP contribution < -0.4 is 11.1 Å². The molecule has 1 aromatic heterocycles. The average Bonchev–Trinajstić information content (AvgIpc) is 3.20. The summed E-state index contributed by atoms with van der Waals surface area (Å²) < 4.78 is 0. The number of hydrogen-bond donors (Lipinski definition) is 2. The van der Waals surface area contributed by atoms with Crippen LogP contribution in [0.4, 0.5) is 11.5 Å². The molecule has 1 saturated carbocycles. The molecule has 0 radical (unpaired) electrons. The topological polar surface area (TPSA) is 78.0 Å². The lowest BCUT2D eigenvalue weighted by Crippen LogP contribution is -2.36. The maximum Gasteiger partial charge on any atom is 0.150 e. The predicted octanol–water partition coefficient (Wildman–Crippen LogP) is 1.43. The van der Waals surface area contributed by atoms with Crippen LogP contribution >= 0.6 is 0 Å².